The fraction of sp³-hybridized carbons (Fsp3) is 0.462. The Balaban J connectivity index is 2.04. The Morgan fingerprint density at radius 3 is 2.38 bits per heavy atom. The van der Waals surface area contributed by atoms with Crippen LogP contribution in [0.25, 0.3) is 0 Å². The number of benzene rings is 1. The van der Waals surface area contributed by atoms with Gasteiger partial charge in [0.05, 0.1) is 0 Å². The highest BCUT2D eigenvalue weighted by molar-refractivity contribution is 5.87. The average molecular weight is 219 g/mol. The Morgan fingerprint density at radius 1 is 1.31 bits per heavy atom. The van der Waals surface area contributed by atoms with Gasteiger partial charge >= 0.3 is 0 Å². The van der Waals surface area contributed by atoms with Gasteiger partial charge in [0.1, 0.15) is 11.5 Å². The van der Waals surface area contributed by atoms with Crippen molar-refractivity contribution < 1.29 is 9.90 Å². The number of phenolic OH excluding ortho intramolecular Hbond substituents is 1. The van der Waals surface area contributed by atoms with Gasteiger partial charge in [-0.3, -0.25) is 4.79 Å². The highest BCUT2D eigenvalue weighted by Crippen LogP contribution is 2.41. The van der Waals surface area contributed by atoms with Crippen molar-refractivity contribution in [2.75, 3.05) is 6.54 Å². The molecule has 0 bridgehead atoms. The number of Topliss-reactive ketones (excluding diaryl/α,β-unsaturated/α-hetero) is 1. The minimum absolute atomic E-state index is 0.230. The lowest BCUT2D eigenvalue weighted by Crippen LogP contribution is -2.45. The highest BCUT2D eigenvalue weighted by atomic mass is 16.3. The van der Waals surface area contributed by atoms with E-state index in [1.807, 2.05) is 0 Å². The third-order valence-corrected chi connectivity index (χ3v) is 3.59. The van der Waals surface area contributed by atoms with Crippen LogP contribution in [0.5, 0.6) is 5.75 Å². The maximum atomic E-state index is 12.1. The molecule has 1 saturated carbocycles. The highest BCUT2D eigenvalue weighted by Gasteiger charge is 2.41. The molecule has 3 nitrogen and oxygen atoms in total. The van der Waals surface area contributed by atoms with Crippen LogP contribution in [0.2, 0.25) is 0 Å². The predicted octanol–water partition coefficient (Wildman–Crippen LogP) is 1.63. The number of carbonyl (C=O) groups excluding carboxylic acids is 1. The summed E-state index contributed by atoms with van der Waals surface area (Å²) in [4.78, 5) is 12.1. The number of hydrogen-bond acceptors (Lipinski definition) is 3. The molecule has 16 heavy (non-hydrogen) atoms. The van der Waals surface area contributed by atoms with Crippen molar-refractivity contribution in [1.82, 2.24) is 0 Å². The first-order valence-corrected chi connectivity index (χ1v) is 5.68. The third kappa shape index (κ3) is 1.95. The van der Waals surface area contributed by atoms with Crippen LogP contribution >= 0.6 is 0 Å². The van der Waals surface area contributed by atoms with Crippen LogP contribution in [0.3, 0.4) is 0 Å². The van der Waals surface area contributed by atoms with Gasteiger partial charge in [-0.25, -0.2) is 0 Å². The van der Waals surface area contributed by atoms with E-state index in [2.05, 4.69) is 0 Å². The summed E-state index contributed by atoms with van der Waals surface area (Å²) in [5.41, 5.74) is 6.38. The topological polar surface area (TPSA) is 63.3 Å². The molecule has 1 aliphatic rings. The summed E-state index contributed by atoms with van der Waals surface area (Å²) in [6.45, 7) is 0.462. The molecule has 3 heteroatoms. The zero-order valence-electron chi connectivity index (χ0n) is 9.28. The second-order valence-corrected chi connectivity index (χ2v) is 4.60. The van der Waals surface area contributed by atoms with Crippen molar-refractivity contribution in [3.05, 3.63) is 29.8 Å². The molecule has 1 aromatic rings. The molecule has 0 atom stereocenters. The monoisotopic (exact) mass is 219 g/mol. The summed E-state index contributed by atoms with van der Waals surface area (Å²) < 4.78 is 0. The zero-order chi connectivity index (χ0) is 11.6. The molecule has 0 heterocycles. The van der Waals surface area contributed by atoms with Crippen LogP contribution in [0.4, 0.5) is 0 Å². The summed E-state index contributed by atoms with van der Waals surface area (Å²) in [6.07, 6.45) is 3.40. The van der Waals surface area contributed by atoms with Gasteiger partial charge < -0.3 is 10.8 Å². The molecule has 1 fully saturated rings. The Hall–Kier alpha value is -1.35. The summed E-state index contributed by atoms with van der Waals surface area (Å²) in [6, 6.07) is 6.79. The van der Waals surface area contributed by atoms with E-state index in [1.54, 1.807) is 24.3 Å². The van der Waals surface area contributed by atoms with Gasteiger partial charge in [-0.05, 0) is 30.5 Å². The number of carbonyl (C=O) groups is 1. The van der Waals surface area contributed by atoms with Crippen LogP contribution in [-0.2, 0) is 11.2 Å². The van der Waals surface area contributed by atoms with Crippen molar-refractivity contribution in [2.24, 2.45) is 11.1 Å². The van der Waals surface area contributed by atoms with E-state index in [1.165, 1.54) is 0 Å². The van der Waals surface area contributed by atoms with E-state index >= 15 is 0 Å². The zero-order valence-corrected chi connectivity index (χ0v) is 9.28. The molecule has 3 N–H and O–H groups in total. The van der Waals surface area contributed by atoms with Crippen molar-refractivity contribution in [2.45, 2.75) is 25.7 Å². The Labute approximate surface area is 95.3 Å². The normalized spacial score (nSPS) is 17.8. The van der Waals surface area contributed by atoms with Gasteiger partial charge in [-0.2, -0.15) is 0 Å². The van der Waals surface area contributed by atoms with E-state index in [0.29, 0.717) is 13.0 Å². The Morgan fingerprint density at radius 2 is 1.94 bits per heavy atom. The van der Waals surface area contributed by atoms with Crippen molar-refractivity contribution in [1.29, 1.82) is 0 Å². The average Bonchev–Trinajstić information content (AvgIpc) is 2.21. The molecule has 0 saturated heterocycles. The van der Waals surface area contributed by atoms with Crippen LogP contribution in [0, 0.1) is 5.41 Å². The Bertz CT molecular complexity index is 374. The summed E-state index contributed by atoms with van der Waals surface area (Å²) in [5, 5.41) is 9.15. The molecule has 1 aromatic carbocycles. The van der Waals surface area contributed by atoms with Gasteiger partial charge in [0.2, 0.25) is 0 Å². The number of nitrogens with two attached hydrogens (primary N) is 1. The largest absolute Gasteiger partial charge is 0.508 e. The number of phenols is 1. The molecular formula is C13H17NO2. The van der Waals surface area contributed by atoms with E-state index in [-0.39, 0.29) is 16.9 Å². The third-order valence-electron chi connectivity index (χ3n) is 3.59. The summed E-state index contributed by atoms with van der Waals surface area (Å²) in [5.74, 6) is 0.473. The first-order valence-electron chi connectivity index (χ1n) is 5.68. The smallest absolute Gasteiger partial charge is 0.144 e. The van der Waals surface area contributed by atoms with Crippen LogP contribution in [-0.4, -0.2) is 17.4 Å². The van der Waals surface area contributed by atoms with Gasteiger partial charge in [-0.1, -0.05) is 18.6 Å². The summed E-state index contributed by atoms with van der Waals surface area (Å²) >= 11 is 0. The SMILES string of the molecule is NCC1(C(=O)Cc2ccc(O)cc2)CCC1. The van der Waals surface area contributed by atoms with Crippen LogP contribution in [0.1, 0.15) is 24.8 Å². The van der Waals surface area contributed by atoms with Crippen molar-refractivity contribution in [3.8, 4) is 5.75 Å². The first-order chi connectivity index (χ1) is 7.66. The molecule has 86 valence electrons. The van der Waals surface area contributed by atoms with Gasteiger partial charge in [0.15, 0.2) is 0 Å². The second-order valence-electron chi connectivity index (χ2n) is 4.60. The van der Waals surface area contributed by atoms with E-state index < -0.39 is 0 Å². The lowest BCUT2D eigenvalue weighted by molar-refractivity contribution is -0.132. The Kier molecular flexibility index (Phi) is 2.97. The quantitative estimate of drug-likeness (QED) is 0.809. The standard InChI is InChI=1S/C13H17NO2/c14-9-13(6-1-7-13)12(16)8-10-2-4-11(15)5-3-10/h2-5,15H,1,6-9,14H2. The van der Waals surface area contributed by atoms with E-state index in [9.17, 15) is 4.79 Å². The van der Waals surface area contributed by atoms with Gasteiger partial charge in [0, 0.05) is 18.4 Å². The van der Waals surface area contributed by atoms with Gasteiger partial charge in [0.25, 0.3) is 0 Å². The van der Waals surface area contributed by atoms with Crippen molar-refractivity contribution in [3.63, 3.8) is 0 Å². The first kappa shape index (κ1) is 11.1. The van der Waals surface area contributed by atoms with Crippen molar-refractivity contribution >= 4 is 5.78 Å². The van der Waals surface area contributed by atoms with Gasteiger partial charge in [-0.15, -0.1) is 0 Å². The lowest BCUT2D eigenvalue weighted by Gasteiger charge is -2.39. The molecule has 0 radical (unpaired) electrons. The maximum absolute atomic E-state index is 12.1. The molecule has 1 aliphatic carbocycles. The maximum Gasteiger partial charge on any atom is 0.144 e. The van der Waals surface area contributed by atoms with E-state index in [4.69, 9.17) is 10.8 Å². The molecule has 0 aromatic heterocycles. The van der Waals surface area contributed by atoms with Crippen LogP contribution < -0.4 is 5.73 Å². The number of ketones is 1. The molecule has 0 spiro atoms. The second kappa shape index (κ2) is 4.26. The molecule has 2 rings (SSSR count). The molecule has 0 aliphatic heterocycles. The molecule has 0 unspecified atom stereocenters. The summed E-state index contributed by atoms with van der Waals surface area (Å²) in [7, 11) is 0. The number of hydrogen-bond donors (Lipinski definition) is 2. The van der Waals surface area contributed by atoms with Crippen LogP contribution in [0.15, 0.2) is 24.3 Å². The van der Waals surface area contributed by atoms with E-state index in [0.717, 1.165) is 24.8 Å². The predicted molar refractivity (Wildman–Crippen MR) is 62.2 cm³/mol. The molecular weight excluding hydrogens is 202 g/mol. The number of aromatic hydroxyl groups is 1. The number of rotatable bonds is 4. The minimum Gasteiger partial charge on any atom is -0.508 e. The molecule has 0 amide bonds. The minimum atomic E-state index is -0.252. The fourth-order valence-electron chi connectivity index (χ4n) is 2.19. The fourth-order valence-corrected chi connectivity index (χ4v) is 2.19. The lowest BCUT2D eigenvalue weighted by atomic mass is 9.65.